The summed E-state index contributed by atoms with van der Waals surface area (Å²) in [4.78, 5) is 39.9. The molecular weight excluding hydrogens is 348 g/mol. The van der Waals surface area contributed by atoms with E-state index in [0.29, 0.717) is 38.2 Å². The minimum absolute atomic E-state index is 0.167. The van der Waals surface area contributed by atoms with Gasteiger partial charge in [0.05, 0.1) is 6.10 Å². The fourth-order valence-electron chi connectivity index (χ4n) is 3.81. The Morgan fingerprint density at radius 1 is 1.37 bits per heavy atom. The van der Waals surface area contributed by atoms with E-state index in [1.165, 1.54) is 0 Å². The molecule has 3 N–H and O–H groups in total. The van der Waals surface area contributed by atoms with Gasteiger partial charge in [-0.2, -0.15) is 0 Å². The van der Waals surface area contributed by atoms with E-state index in [9.17, 15) is 19.5 Å². The van der Waals surface area contributed by atoms with Gasteiger partial charge in [-0.15, -0.1) is 0 Å². The highest BCUT2D eigenvalue weighted by molar-refractivity contribution is 6.05. The molecule has 2 heterocycles. The Labute approximate surface area is 158 Å². The van der Waals surface area contributed by atoms with E-state index in [1.807, 2.05) is 24.1 Å². The number of amides is 3. The van der Waals surface area contributed by atoms with Gasteiger partial charge in [-0.3, -0.25) is 24.6 Å². The van der Waals surface area contributed by atoms with Gasteiger partial charge in [-0.25, -0.2) is 0 Å². The largest absolute Gasteiger partial charge is 0.390 e. The number of piperidine rings is 1. The Morgan fingerprint density at radius 2 is 2.15 bits per heavy atom. The second-order valence-electron chi connectivity index (χ2n) is 7.25. The molecule has 2 aliphatic heterocycles. The number of hydrogen-bond donors (Lipinski definition) is 3. The van der Waals surface area contributed by atoms with Crippen molar-refractivity contribution >= 4 is 17.7 Å². The second-order valence-corrected chi connectivity index (χ2v) is 7.25. The number of carbonyl (C=O) groups is 3. The van der Waals surface area contributed by atoms with Gasteiger partial charge in [0.2, 0.25) is 11.8 Å². The lowest BCUT2D eigenvalue weighted by Crippen LogP contribution is -2.52. The molecule has 0 radical (unpaired) electrons. The van der Waals surface area contributed by atoms with E-state index in [1.54, 1.807) is 18.0 Å². The van der Waals surface area contributed by atoms with Crippen LogP contribution in [0.1, 0.15) is 34.3 Å². The van der Waals surface area contributed by atoms with Crippen LogP contribution in [0.25, 0.3) is 0 Å². The molecule has 1 aromatic carbocycles. The Balaban J connectivity index is 1.74. The van der Waals surface area contributed by atoms with Crippen molar-refractivity contribution in [2.45, 2.75) is 38.1 Å². The summed E-state index contributed by atoms with van der Waals surface area (Å²) < 4.78 is 0. The van der Waals surface area contributed by atoms with Crippen LogP contribution in [0.15, 0.2) is 18.2 Å². The van der Waals surface area contributed by atoms with Crippen LogP contribution in [0, 0.1) is 0 Å². The highest BCUT2D eigenvalue weighted by Gasteiger charge is 2.39. The highest BCUT2D eigenvalue weighted by atomic mass is 16.3. The lowest BCUT2D eigenvalue weighted by molar-refractivity contribution is -0.136. The molecule has 1 aromatic rings. The quantitative estimate of drug-likeness (QED) is 0.554. The van der Waals surface area contributed by atoms with Gasteiger partial charge >= 0.3 is 0 Å². The number of aliphatic hydroxyl groups excluding tert-OH is 1. The van der Waals surface area contributed by atoms with Crippen molar-refractivity contribution in [3.05, 3.63) is 34.9 Å². The number of nitrogens with one attached hydrogen (secondary N) is 2. The molecule has 146 valence electrons. The maximum Gasteiger partial charge on any atom is 0.255 e. The number of benzene rings is 1. The van der Waals surface area contributed by atoms with Crippen LogP contribution < -0.4 is 10.6 Å². The van der Waals surface area contributed by atoms with Crippen LogP contribution in [0.2, 0.25) is 0 Å². The fraction of sp³-hybridized carbons (Fsp3) is 0.526. The minimum atomic E-state index is -0.606. The molecule has 8 nitrogen and oxygen atoms in total. The molecule has 1 saturated heterocycles. The zero-order valence-corrected chi connectivity index (χ0v) is 15.7. The summed E-state index contributed by atoms with van der Waals surface area (Å²) in [7, 11) is 3.72. The van der Waals surface area contributed by atoms with Crippen molar-refractivity contribution in [1.82, 2.24) is 20.4 Å². The van der Waals surface area contributed by atoms with Gasteiger partial charge < -0.3 is 15.3 Å². The van der Waals surface area contributed by atoms with Gasteiger partial charge in [-0.1, -0.05) is 12.1 Å². The molecule has 2 aliphatic rings. The van der Waals surface area contributed by atoms with Crippen LogP contribution in [-0.4, -0.2) is 72.0 Å². The molecule has 0 aliphatic carbocycles. The maximum atomic E-state index is 12.8. The molecule has 0 bridgehead atoms. The molecular formula is C19H26N4O4. The summed E-state index contributed by atoms with van der Waals surface area (Å²) in [6, 6.07) is 4.99. The third-order valence-corrected chi connectivity index (χ3v) is 5.08. The van der Waals surface area contributed by atoms with E-state index in [0.717, 1.165) is 11.1 Å². The summed E-state index contributed by atoms with van der Waals surface area (Å²) in [6.07, 6.45) is 0.129. The molecule has 0 saturated carbocycles. The van der Waals surface area contributed by atoms with E-state index >= 15 is 0 Å². The van der Waals surface area contributed by atoms with Crippen molar-refractivity contribution in [1.29, 1.82) is 0 Å². The number of rotatable bonds is 7. The number of likely N-dealkylation sites (N-methyl/N-ethyl adjacent to an activating group) is 2. The summed E-state index contributed by atoms with van der Waals surface area (Å²) in [5, 5.41) is 15.2. The molecule has 1 fully saturated rings. The van der Waals surface area contributed by atoms with Gasteiger partial charge in [-0.05, 0) is 37.7 Å². The Morgan fingerprint density at radius 3 is 2.85 bits per heavy atom. The lowest BCUT2D eigenvalue weighted by Gasteiger charge is -2.29. The summed E-state index contributed by atoms with van der Waals surface area (Å²) in [5.41, 5.74) is 2.54. The highest BCUT2D eigenvalue weighted by Crippen LogP contribution is 2.30. The van der Waals surface area contributed by atoms with Crippen LogP contribution in [-0.2, 0) is 22.7 Å². The fourth-order valence-corrected chi connectivity index (χ4v) is 3.81. The zero-order chi connectivity index (χ0) is 19.6. The van der Waals surface area contributed by atoms with Crippen LogP contribution in [0.5, 0.6) is 0 Å². The standard InChI is InChI=1S/C19H26N4O4/c1-20-8-13(24)10-22(2)9-12-4-3-5-14-15(12)11-23(19(14)27)16-6-7-17(25)21-18(16)26/h3-5,13,16,20,24H,6-11H2,1-2H3,(H,21,25,26). The average Bonchev–Trinajstić information content (AvgIpc) is 2.93. The predicted molar refractivity (Wildman–Crippen MR) is 98.8 cm³/mol. The normalized spacial score (nSPS) is 20.8. The number of carbonyl (C=O) groups excluding carboxylic acids is 3. The van der Waals surface area contributed by atoms with Crippen LogP contribution in [0.4, 0.5) is 0 Å². The SMILES string of the molecule is CNCC(O)CN(C)Cc1cccc2c1CN(C1CCC(=O)NC1=O)C2=O. The Bertz CT molecular complexity index is 751. The molecule has 8 heteroatoms. The first-order chi connectivity index (χ1) is 12.9. The zero-order valence-electron chi connectivity index (χ0n) is 15.7. The average molecular weight is 374 g/mol. The lowest BCUT2D eigenvalue weighted by atomic mass is 10.0. The number of imide groups is 1. The molecule has 3 amide bonds. The van der Waals surface area contributed by atoms with Gasteiger partial charge in [0, 0.05) is 38.2 Å². The van der Waals surface area contributed by atoms with E-state index < -0.39 is 18.1 Å². The van der Waals surface area contributed by atoms with Crippen LogP contribution in [0.3, 0.4) is 0 Å². The monoisotopic (exact) mass is 374 g/mol. The van der Waals surface area contributed by atoms with Crippen molar-refractivity contribution in [3.8, 4) is 0 Å². The number of aliphatic hydroxyl groups is 1. The van der Waals surface area contributed by atoms with Crippen molar-refractivity contribution in [2.24, 2.45) is 0 Å². The third-order valence-electron chi connectivity index (χ3n) is 5.08. The summed E-state index contributed by atoms with van der Waals surface area (Å²) in [6.45, 7) is 1.98. The van der Waals surface area contributed by atoms with Crippen LogP contribution >= 0.6 is 0 Å². The Kier molecular flexibility index (Phi) is 5.88. The van der Waals surface area contributed by atoms with E-state index in [4.69, 9.17) is 0 Å². The molecule has 3 rings (SSSR count). The second kappa shape index (κ2) is 8.16. The topological polar surface area (TPSA) is 102 Å². The van der Waals surface area contributed by atoms with Gasteiger partial charge in [0.1, 0.15) is 6.04 Å². The number of nitrogens with zero attached hydrogens (tertiary/aromatic N) is 2. The van der Waals surface area contributed by atoms with E-state index in [-0.39, 0.29) is 18.2 Å². The minimum Gasteiger partial charge on any atom is -0.390 e. The predicted octanol–water partition coefficient (Wildman–Crippen LogP) is -0.540. The Hall–Kier alpha value is -2.29. The molecule has 2 atom stereocenters. The van der Waals surface area contributed by atoms with E-state index in [2.05, 4.69) is 10.6 Å². The third kappa shape index (κ3) is 4.18. The molecule has 0 aromatic heterocycles. The van der Waals surface area contributed by atoms with Gasteiger partial charge in [0.15, 0.2) is 0 Å². The summed E-state index contributed by atoms with van der Waals surface area (Å²) in [5.74, 6) is -0.858. The number of fused-ring (bicyclic) bond motifs is 1. The number of hydrogen-bond acceptors (Lipinski definition) is 6. The first-order valence-electron chi connectivity index (χ1n) is 9.17. The first kappa shape index (κ1) is 19.5. The summed E-state index contributed by atoms with van der Waals surface area (Å²) >= 11 is 0. The smallest absolute Gasteiger partial charge is 0.255 e. The molecule has 2 unspecified atom stereocenters. The first-order valence-corrected chi connectivity index (χ1v) is 9.17. The van der Waals surface area contributed by atoms with Gasteiger partial charge in [0.25, 0.3) is 5.91 Å². The molecule has 0 spiro atoms. The van der Waals surface area contributed by atoms with Crippen molar-refractivity contribution < 1.29 is 19.5 Å². The van der Waals surface area contributed by atoms with Crippen molar-refractivity contribution in [3.63, 3.8) is 0 Å². The molecule has 27 heavy (non-hydrogen) atoms. The maximum absolute atomic E-state index is 12.8. The van der Waals surface area contributed by atoms with Crippen molar-refractivity contribution in [2.75, 3.05) is 27.2 Å².